The van der Waals surface area contributed by atoms with Gasteiger partial charge in [0.05, 0.1) is 29.2 Å². The van der Waals surface area contributed by atoms with Gasteiger partial charge < -0.3 is 0 Å². The van der Waals surface area contributed by atoms with Crippen LogP contribution in [-0.2, 0) is 30.2 Å². The molecule has 0 saturated carbocycles. The molecule has 0 unspecified atom stereocenters. The molecule has 0 radical (unpaired) electrons. The van der Waals surface area contributed by atoms with Crippen LogP contribution < -0.4 is 0 Å². The highest BCUT2D eigenvalue weighted by molar-refractivity contribution is 7.89. The molecule has 0 aromatic carbocycles. The molecule has 0 amide bonds. The molecule has 0 fully saturated rings. The number of aryl methyl sites for hydroxylation is 2. The van der Waals surface area contributed by atoms with E-state index in [9.17, 15) is 8.42 Å². The van der Waals surface area contributed by atoms with Crippen LogP contribution in [0.1, 0.15) is 18.3 Å². The van der Waals surface area contributed by atoms with E-state index in [2.05, 4.69) is 10.2 Å². The molecule has 0 aliphatic heterocycles. The van der Waals surface area contributed by atoms with Crippen LogP contribution in [0.5, 0.6) is 0 Å². The summed E-state index contributed by atoms with van der Waals surface area (Å²) in [5.41, 5.74) is 1.12. The number of hydrogen-bond donors (Lipinski definition) is 0. The van der Waals surface area contributed by atoms with Gasteiger partial charge in [-0.2, -0.15) is 14.5 Å². The minimum Gasteiger partial charge on any atom is -0.272 e. The molecule has 0 aliphatic rings. The summed E-state index contributed by atoms with van der Waals surface area (Å²) in [6.07, 6.45) is 3.04. The van der Waals surface area contributed by atoms with E-state index in [4.69, 9.17) is 11.6 Å². The predicted molar refractivity (Wildman–Crippen MR) is 79.5 cm³/mol. The number of nitrogens with zero attached hydrogens (tertiary/aromatic N) is 5. The first kappa shape index (κ1) is 16.0. The Morgan fingerprint density at radius 2 is 2.10 bits per heavy atom. The molecule has 0 saturated heterocycles. The van der Waals surface area contributed by atoms with Crippen LogP contribution >= 0.6 is 11.6 Å². The zero-order valence-electron chi connectivity index (χ0n) is 12.4. The summed E-state index contributed by atoms with van der Waals surface area (Å²) in [5, 5.41) is 8.69. The minimum atomic E-state index is -3.62. The van der Waals surface area contributed by atoms with Gasteiger partial charge in [0.15, 0.2) is 0 Å². The van der Waals surface area contributed by atoms with Crippen LogP contribution in [0.25, 0.3) is 0 Å². The van der Waals surface area contributed by atoms with E-state index in [-0.39, 0.29) is 11.4 Å². The van der Waals surface area contributed by atoms with Gasteiger partial charge in [-0.15, -0.1) is 0 Å². The maximum Gasteiger partial charge on any atom is 0.246 e. The number of sulfonamides is 1. The number of rotatable bonds is 5. The molecule has 0 spiro atoms. The number of aromatic nitrogens is 4. The monoisotopic (exact) mass is 331 g/mol. The molecule has 9 heteroatoms. The first-order valence-corrected chi connectivity index (χ1v) is 8.26. The molecule has 0 N–H and O–H groups in total. The fraction of sp³-hybridized carbons (Fsp3) is 0.500. The number of halogens is 1. The van der Waals surface area contributed by atoms with Crippen LogP contribution in [0, 0.1) is 6.92 Å². The van der Waals surface area contributed by atoms with Gasteiger partial charge in [-0.25, -0.2) is 8.42 Å². The SMILES string of the molecule is CCn1cc(Cl)c(CN(C)S(=O)(=O)c2cnn(C)c2C)n1. The average molecular weight is 332 g/mol. The van der Waals surface area contributed by atoms with Gasteiger partial charge in [0.2, 0.25) is 10.0 Å². The summed E-state index contributed by atoms with van der Waals surface area (Å²) >= 11 is 6.08. The predicted octanol–water partition coefficient (Wildman–Crippen LogP) is 1.42. The smallest absolute Gasteiger partial charge is 0.246 e. The molecule has 116 valence electrons. The summed E-state index contributed by atoms with van der Waals surface area (Å²) in [5.74, 6) is 0. The van der Waals surface area contributed by atoms with Crippen molar-refractivity contribution in [3.8, 4) is 0 Å². The van der Waals surface area contributed by atoms with Crippen molar-refractivity contribution < 1.29 is 8.42 Å². The van der Waals surface area contributed by atoms with Crippen molar-refractivity contribution in [2.75, 3.05) is 7.05 Å². The first-order chi connectivity index (χ1) is 9.77. The molecule has 7 nitrogen and oxygen atoms in total. The van der Waals surface area contributed by atoms with E-state index in [0.29, 0.717) is 23.0 Å². The third-order valence-corrected chi connectivity index (χ3v) is 5.58. The highest BCUT2D eigenvalue weighted by Crippen LogP contribution is 2.22. The Hall–Kier alpha value is -1.38. The molecule has 2 heterocycles. The van der Waals surface area contributed by atoms with Crippen molar-refractivity contribution >= 4 is 21.6 Å². The van der Waals surface area contributed by atoms with Gasteiger partial charge in [-0.1, -0.05) is 11.6 Å². The van der Waals surface area contributed by atoms with E-state index in [0.717, 1.165) is 0 Å². The molecule has 21 heavy (non-hydrogen) atoms. The Morgan fingerprint density at radius 1 is 1.43 bits per heavy atom. The third kappa shape index (κ3) is 2.97. The minimum absolute atomic E-state index is 0.114. The molecular formula is C12H18ClN5O2S. The third-order valence-electron chi connectivity index (χ3n) is 3.36. The second-order valence-electron chi connectivity index (χ2n) is 4.76. The van der Waals surface area contributed by atoms with Crippen molar-refractivity contribution in [1.82, 2.24) is 23.9 Å². The van der Waals surface area contributed by atoms with Gasteiger partial charge >= 0.3 is 0 Å². The lowest BCUT2D eigenvalue weighted by molar-refractivity contribution is 0.458. The van der Waals surface area contributed by atoms with E-state index in [1.165, 1.54) is 22.2 Å². The largest absolute Gasteiger partial charge is 0.272 e. The van der Waals surface area contributed by atoms with Crippen molar-refractivity contribution in [3.63, 3.8) is 0 Å². The van der Waals surface area contributed by atoms with Crippen molar-refractivity contribution in [1.29, 1.82) is 0 Å². The van der Waals surface area contributed by atoms with E-state index in [1.807, 2.05) is 6.92 Å². The van der Waals surface area contributed by atoms with E-state index >= 15 is 0 Å². The lowest BCUT2D eigenvalue weighted by Gasteiger charge is -2.15. The average Bonchev–Trinajstić information content (AvgIpc) is 2.94. The second kappa shape index (κ2) is 5.78. The molecule has 0 bridgehead atoms. The quantitative estimate of drug-likeness (QED) is 0.830. The van der Waals surface area contributed by atoms with Gasteiger partial charge in [0, 0.05) is 26.8 Å². The molecule has 0 atom stereocenters. The number of hydrogen-bond acceptors (Lipinski definition) is 4. The van der Waals surface area contributed by atoms with Gasteiger partial charge in [0.1, 0.15) is 4.90 Å². The fourth-order valence-corrected chi connectivity index (χ4v) is 3.43. The van der Waals surface area contributed by atoms with Crippen molar-refractivity contribution in [3.05, 3.63) is 28.8 Å². The molecule has 2 rings (SSSR count). The van der Waals surface area contributed by atoms with Gasteiger partial charge in [-0.05, 0) is 13.8 Å². The topological polar surface area (TPSA) is 73.0 Å². The molecular weight excluding hydrogens is 314 g/mol. The normalized spacial score (nSPS) is 12.3. The Bertz CT molecular complexity index is 750. The van der Waals surface area contributed by atoms with Gasteiger partial charge in [-0.3, -0.25) is 9.36 Å². The highest BCUT2D eigenvalue weighted by atomic mass is 35.5. The Kier molecular flexibility index (Phi) is 4.40. The van der Waals surface area contributed by atoms with Crippen LogP contribution in [0.4, 0.5) is 0 Å². The first-order valence-electron chi connectivity index (χ1n) is 6.44. The summed E-state index contributed by atoms with van der Waals surface area (Å²) in [7, 11) is -0.414. The summed E-state index contributed by atoms with van der Waals surface area (Å²) in [6, 6.07) is 0. The fourth-order valence-electron chi connectivity index (χ4n) is 1.90. The van der Waals surface area contributed by atoms with Crippen LogP contribution in [0.15, 0.2) is 17.3 Å². The lowest BCUT2D eigenvalue weighted by atomic mass is 10.4. The summed E-state index contributed by atoms with van der Waals surface area (Å²) in [4.78, 5) is 0.193. The standard InChI is InChI=1S/C12H18ClN5O2S/c1-5-18-7-10(13)11(15-18)8-16(3)21(19,20)12-6-14-17(4)9(12)2/h6-7H,5,8H2,1-4H3. The van der Waals surface area contributed by atoms with Crippen LogP contribution in [-0.4, -0.2) is 39.3 Å². The van der Waals surface area contributed by atoms with Gasteiger partial charge in [0.25, 0.3) is 0 Å². The maximum absolute atomic E-state index is 12.6. The lowest BCUT2D eigenvalue weighted by Crippen LogP contribution is -2.27. The zero-order valence-corrected chi connectivity index (χ0v) is 14.0. The molecule has 0 aliphatic carbocycles. The molecule has 2 aromatic heterocycles. The maximum atomic E-state index is 12.6. The molecule has 2 aromatic rings. The Balaban J connectivity index is 2.28. The van der Waals surface area contributed by atoms with Crippen molar-refractivity contribution in [2.24, 2.45) is 7.05 Å². The summed E-state index contributed by atoms with van der Waals surface area (Å²) in [6.45, 7) is 4.44. The van der Waals surface area contributed by atoms with E-state index < -0.39 is 10.0 Å². The van der Waals surface area contributed by atoms with Crippen molar-refractivity contribution in [2.45, 2.75) is 31.8 Å². The Morgan fingerprint density at radius 3 is 2.57 bits per heavy atom. The second-order valence-corrected chi connectivity index (χ2v) is 7.18. The Labute approximate surface area is 129 Å². The highest BCUT2D eigenvalue weighted by Gasteiger charge is 2.26. The van der Waals surface area contributed by atoms with E-state index in [1.54, 1.807) is 24.9 Å². The van der Waals surface area contributed by atoms with Crippen LogP contribution in [0.2, 0.25) is 5.02 Å². The van der Waals surface area contributed by atoms with Crippen LogP contribution in [0.3, 0.4) is 0 Å². The summed E-state index contributed by atoms with van der Waals surface area (Å²) < 4.78 is 29.5. The zero-order chi connectivity index (χ0) is 15.8.